The van der Waals surface area contributed by atoms with Gasteiger partial charge in [-0.1, -0.05) is 25.0 Å². The molecule has 1 saturated carbocycles. The predicted molar refractivity (Wildman–Crippen MR) is 79.8 cm³/mol. The highest BCUT2D eigenvalue weighted by Crippen LogP contribution is 2.41. The first-order valence-electron chi connectivity index (χ1n) is 7.31. The number of benzene rings is 1. The van der Waals surface area contributed by atoms with Crippen LogP contribution in [0.5, 0.6) is 5.75 Å². The Bertz CT molecular complexity index is 454. The van der Waals surface area contributed by atoms with Crippen molar-refractivity contribution in [2.75, 3.05) is 20.2 Å². The lowest BCUT2D eigenvalue weighted by Gasteiger charge is -2.30. The number of carbonyl (C=O) groups is 1. The van der Waals surface area contributed by atoms with Gasteiger partial charge in [0.05, 0.1) is 7.11 Å². The van der Waals surface area contributed by atoms with E-state index in [1.165, 1.54) is 18.4 Å². The molecule has 0 heterocycles. The fraction of sp³-hybridized carbons (Fsp3) is 0.562. The lowest BCUT2D eigenvalue weighted by Crippen LogP contribution is -2.39. The van der Waals surface area contributed by atoms with E-state index in [1.54, 1.807) is 7.11 Å². The van der Waals surface area contributed by atoms with E-state index in [0.29, 0.717) is 19.5 Å². The topological polar surface area (TPSA) is 64.3 Å². The average Bonchev–Trinajstić information content (AvgIpc) is 2.96. The number of carbonyl (C=O) groups excluding carboxylic acids is 1. The summed E-state index contributed by atoms with van der Waals surface area (Å²) in [7, 11) is 1.68. The van der Waals surface area contributed by atoms with E-state index in [0.717, 1.165) is 18.6 Å². The fourth-order valence-corrected chi connectivity index (χ4v) is 3.06. The van der Waals surface area contributed by atoms with Crippen LogP contribution in [0.3, 0.4) is 0 Å². The van der Waals surface area contributed by atoms with Gasteiger partial charge in [0.1, 0.15) is 5.75 Å². The Balaban J connectivity index is 2.14. The molecule has 0 atom stereocenters. The molecule has 0 radical (unpaired) electrons. The molecule has 20 heavy (non-hydrogen) atoms. The van der Waals surface area contributed by atoms with Gasteiger partial charge in [-0.3, -0.25) is 4.79 Å². The third-order valence-electron chi connectivity index (χ3n) is 4.24. The lowest BCUT2D eigenvalue weighted by molar-refractivity contribution is -0.121. The zero-order chi connectivity index (χ0) is 14.4. The molecule has 0 bridgehead atoms. The summed E-state index contributed by atoms with van der Waals surface area (Å²) in [6.45, 7) is 1.09. The molecular weight excluding hydrogens is 252 g/mol. The lowest BCUT2D eigenvalue weighted by atomic mass is 9.78. The highest BCUT2D eigenvalue weighted by atomic mass is 16.5. The molecule has 0 aromatic heterocycles. The average molecular weight is 276 g/mol. The largest absolute Gasteiger partial charge is 0.497 e. The number of rotatable bonds is 6. The molecule has 1 aromatic rings. The van der Waals surface area contributed by atoms with Crippen molar-refractivity contribution in [1.29, 1.82) is 0 Å². The summed E-state index contributed by atoms with van der Waals surface area (Å²) in [5.41, 5.74) is 6.74. The normalized spacial score (nSPS) is 16.9. The smallest absolute Gasteiger partial charge is 0.221 e. The van der Waals surface area contributed by atoms with E-state index in [-0.39, 0.29) is 11.3 Å². The van der Waals surface area contributed by atoms with Crippen molar-refractivity contribution in [3.05, 3.63) is 29.8 Å². The molecule has 0 saturated heterocycles. The van der Waals surface area contributed by atoms with Crippen LogP contribution in [-0.4, -0.2) is 26.1 Å². The van der Waals surface area contributed by atoms with Gasteiger partial charge in [0.15, 0.2) is 0 Å². The Hall–Kier alpha value is -1.55. The van der Waals surface area contributed by atoms with Crippen LogP contribution in [0.1, 0.15) is 37.7 Å². The summed E-state index contributed by atoms with van der Waals surface area (Å²) in [4.78, 5) is 11.7. The first-order valence-corrected chi connectivity index (χ1v) is 7.31. The summed E-state index contributed by atoms with van der Waals surface area (Å²) in [5.74, 6) is 0.920. The van der Waals surface area contributed by atoms with Crippen molar-refractivity contribution in [2.45, 2.75) is 37.5 Å². The Morgan fingerprint density at radius 1 is 1.40 bits per heavy atom. The van der Waals surface area contributed by atoms with Crippen LogP contribution in [0, 0.1) is 0 Å². The summed E-state index contributed by atoms with van der Waals surface area (Å²) in [5, 5.41) is 3.04. The molecule has 3 N–H and O–H groups in total. The van der Waals surface area contributed by atoms with Gasteiger partial charge in [-0.2, -0.15) is 0 Å². The van der Waals surface area contributed by atoms with Gasteiger partial charge in [-0.05, 0) is 30.5 Å². The number of hydrogen-bond acceptors (Lipinski definition) is 3. The molecule has 0 aliphatic heterocycles. The maximum atomic E-state index is 11.7. The number of nitrogens with two attached hydrogens (primary N) is 1. The Morgan fingerprint density at radius 3 is 2.80 bits per heavy atom. The molecule has 1 amide bonds. The first-order chi connectivity index (χ1) is 9.70. The number of hydrogen-bond donors (Lipinski definition) is 2. The standard InChI is InChI=1S/C16H24N2O2/c1-20-14-6-4-5-13(11-14)16(8-2-3-9-16)12-18-15(19)7-10-17/h4-6,11H,2-3,7-10,12,17H2,1H3,(H,18,19). The summed E-state index contributed by atoms with van der Waals surface area (Å²) in [6, 6.07) is 8.22. The van der Waals surface area contributed by atoms with E-state index in [1.807, 2.05) is 12.1 Å². The highest BCUT2D eigenvalue weighted by Gasteiger charge is 2.36. The van der Waals surface area contributed by atoms with Crippen molar-refractivity contribution in [1.82, 2.24) is 5.32 Å². The second-order valence-electron chi connectivity index (χ2n) is 5.53. The number of amides is 1. The van der Waals surface area contributed by atoms with Crippen LogP contribution in [0.2, 0.25) is 0 Å². The third-order valence-corrected chi connectivity index (χ3v) is 4.24. The van der Waals surface area contributed by atoms with Gasteiger partial charge in [-0.25, -0.2) is 0 Å². The Labute approximate surface area is 120 Å². The second-order valence-corrected chi connectivity index (χ2v) is 5.53. The van der Waals surface area contributed by atoms with Crippen LogP contribution in [0.25, 0.3) is 0 Å². The molecule has 2 rings (SSSR count). The number of nitrogens with one attached hydrogen (secondary N) is 1. The van der Waals surface area contributed by atoms with E-state index in [9.17, 15) is 4.79 Å². The quantitative estimate of drug-likeness (QED) is 0.835. The van der Waals surface area contributed by atoms with Crippen molar-refractivity contribution >= 4 is 5.91 Å². The second kappa shape index (κ2) is 6.75. The summed E-state index contributed by atoms with van der Waals surface area (Å²) < 4.78 is 5.32. The molecule has 1 aliphatic rings. The zero-order valence-corrected chi connectivity index (χ0v) is 12.2. The minimum atomic E-state index is 0.0432. The van der Waals surface area contributed by atoms with Crippen molar-refractivity contribution in [3.8, 4) is 5.75 Å². The number of ether oxygens (including phenoxy) is 1. The van der Waals surface area contributed by atoms with E-state index in [2.05, 4.69) is 17.4 Å². The molecule has 4 nitrogen and oxygen atoms in total. The molecule has 110 valence electrons. The summed E-state index contributed by atoms with van der Waals surface area (Å²) in [6.07, 6.45) is 5.05. The molecule has 1 aliphatic carbocycles. The minimum absolute atomic E-state index is 0.0432. The van der Waals surface area contributed by atoms with Crippen LogP contribution < -0.4 is 15.8 Å². The van der Waals surface area contributed by atoms with Crippen LogP contribution in [-0.2, 0) is 10.2 Å². The van der Waals surface area contributed by atoms with Gasteiger partial charge < -0.3 is 15.8 Å². The first kappa shape index (κ1) is 14.9. The van der Waals surface area contributed by atoms with E-state index < -0.39 is 0 Å². The van der Waals surface area contributed by atoms with Crippen molar-refractivity contribution in [3.63, 3.8) is 0 Å². The highest BCUT2D eigenvalue weighted by molar-refractivity contribution is 5.76. The van der Waals surface area contributed by atoms with E-state index in [4.69, 9.17) is 10.5 Å². The predicted octanol–water partition coefficient (Wildman–Crippen LogP) is 1.97. The summed E-state index contributed by atoms with van der Waals surface area (Å²) >= 11 is 0. The molecule has 0 unspecified atom stereocenters. The maximum absolute atomic E-state index is 11.7. The van der Waals surface area contributed by atoms with E-state index >= 15 is 0 Å². The molecule has 0 spiro atoms. The van der Waals surface area contributed by atoms with Gasteiger partial charge in [0.2, 0.25) is 5.91 Å². The van der Waals surface area contributed by atoms with Gasteiger partial charge >= 0.3 is 0 Å². The maximum Gasteiger partial charge on any atom is 0.221 e. The minimum Gasteiger partial charge on any atom is -0.497 e. The van der Waals surface area contributed by atoms with Crippen LogP contribution >= 0.6 is 0 Å². The van der Waals surface area contributed by atoms with Crippen LogP contribution in [0.4, 0.5) is 0 Å². The molecule has 1 fully saturated rings. The molecule has 4 heteroatoms. The monoisotopic (exact) mass is 276 g/mol. The molecule has 1 aromatic carbocycles. The number of methoxy groups -OCH3 is 1. The third kappa shape index (κ3) is 3.31. The molecular formula is C16H24N2O2. The fourth-order valence-electron chi connectivity index (χ4n) is 3.06. The van der Waals surface area contributed by atoms with Gasteiger partial charge in [-0.15, -0.1) is 0 Å². The van der Waals surface area contributed by atoms with Crippen molar-refractivity contribution in [2.24, 2.45) is 5.73 Å². The van der Waals surface area contributed by atoms with Crippen LogP contribution in [0.15, 0.2) is 24.3 Å². The Kier molecular flexibility index (Phi) is 5.01. The Morgan fingerprint density at radius 2 is 2.15 bits per heavy atom. The zero-order valence-electron chi connectivity index (χ0n) is 12.2. The van der Waals surface area contributed by atoms with Gasteiger partial charge in [0.25, 0.3) is 0 Å². The SMILES string of the molecule is COc1cccc(C2(CNC(=O)CCN)CCCC2)c1. The van der Waals surface area contributed by atoms with Gasteiger partial charge in [0, 0.05) is 24.9 Å². The van der Waals surface area contributed by atoms with Crippen molar-refractivity contribution < 1.29 is 9.53 Å².